The molecule has 0 aromatic rings. The van der Waals surface area contributed by atoms with Gasteiger partial charge in [-0.25, -0.2) is 0 Å². The van der Waals surface area contributed by atoms with Gasteiger partial charge < -0.3 is 5.32 Å². The smallest absolute Gasteiger partial charge is 0.00277 e. The van der Waals surface area contributed by atoms with Crippen LogP contribution in [0.1, 0.15) is 19.3 Å². The summed E-state index contributed by atoms with van der Waals surface area (Å²) in [4.78, 5) is 0. The van der Waals surface area contributed by atoms with E-state index in [1.807, 2.05) is 19.3 Å². The zero-order chi connectivity index (χ0) is 8.10. The highest BCUT2D eigenvalue weighted by molar-refractivity contribution is 5.35. The highest BCUT2D eigenvalue weighted by Crippen LogP contribution is 2.26. The summed E-state index contributed by atoms with van der Waals surface area (Å²) in [5.41, 5.74) is 2.85. The number of hydrogen-bond acceptors (Lipinski definition) is 1. The van der Waals surface area contributed by atoms with Crippen molar-refractivity contribution in [1.82, 2.24) is 5.32 Å². The third kappa shape index (κ3) is 1.97. The van der Waals surface area contributed by atoms with Crippen molar-refractivity contribution in [2.45, 2.75) is 19.3 Å². The summed E-state index contributed by atoms with van der Waals surface area (Å²) in [5, 5.41) is 2.99. The number of allylic oxidation sites excluding steroid dienone is 4. The predicted octanol–water partition coefficient (Wildman–Crippen LogP) is 2.39. The Hall–Kier alpha value is -0.980. The minimum atomic E-state index is 1.20. The van der Waals surface area contributed by atoms with Crippen molar-refractivity contribution >= 4 is 0 Å². The molecule has 1 heteroatoms. The molecule has 0 amide bonds. The van der Waals surface area contributed by atoms with Crippen molar-refractivity contribution in [2.75, 3.05) is 7.05 Å². The van der Waals surface area contributed by atoms with E-state index in [2.05, 4.69) is 18.0 Å². The van der Waals surface area contributed by atoms with Crippen LogP contribution in [0.15, 0.2) is 36.1 Å². The van der Waals surface area contributed by atoms with Crippen LogP contribution in [0.5, 0.6) is 0 Å². The van der Waals surface area contributed by atoms with Crippen molar-refractivity contribution in [1.29, 1.82) is 0 Å². The topological polar surface area (TPSA) is 12.0 Å². The van der Waals surface area contributed by atoms with Gasteiger partial charge >= 0.3 is 0 Å². The second-order valence-electron chi connectivity index (χ2n) is 2.73. The summed E-state index contributed by atoms with van der Waals surface area (Å²) in [7, 11) is 1.92. The summed E-state index contributed by atoms with van der Waals surface area (Å²) in [6.07, 6.45) is 9.79. The minimum absolute atomic E-state index is 1.20. The highest BCUT2D eigenvalue weighted by Gasteiger charge is 2.08. The van der Waals surface area contributed by atoms with E-state index in [-0.39, 0.29) is 0 Å². The van der Waals surface area contributed by atoms with E-state index in [1.165, 1.54) is 30.4 Å². The van der Waals surface area contributed by atoms with Crippen LogP contribution in [0.3, 0.4) is 0 Å². The largest absolute Gasteiger partial charge is 0.394 e. The lowest BCUT2D eigenvalue weighted by Gasteiger charge is -1.94. The molecule has 0 saturated heterocycles. The second kappa shape index (κ2) is 4.02. The normalized spacial score (nSPS) is 17.9. The average Bonchev–Trinajstić information content (AvgIpc) is 2.47. The molecule has 0 unspecified atom stereocenters. The van der Waals surface area contributed by atoms with Crippen molar-refractivity contribution in [3.8, 4) is 0 Å². The van der Waals surface area contributed by atoms with Crippen LogP contribution in [-0.4, -0.2) is 7.05 Å². The molecule has 0 radical (unpaired) electrons. The Labute approximate surface area is 68.5 Å². The summed E-state index contributed by atoms with van der Waals surface area (Å²) in [6.45, 7) is 3.79. The fourth-order valence-electron chi connectivity index (χ4n) is 1.40. The molecule has 1 N–H and O–H groups in total. The summed E-state index contributed by atoms with van der Waals surface area (Å²) in [5.74, 6) is 0. The van der Waals surface area contributed by atoms with Gasteiger partial charge in [0, 0.05) is 7.05 Å². The monoisotopic (exact) mass is 149 g/mol. The highest BCUT2D eigenvalue weighted by atomic mass is 14.8. The maximum absolute atomic E-state index is 3.79. The lowest BCUT2D eigenvalue weighted by Crippen LogP contribution is -1.91. The molecule has 1 aliphatic carbocycles. The Balaban J connectivity index is 2.66. The third-order valence-corrected chi connectivity index (χ3v) is 2.00. The molecule has 0 bridgehead atoms. The second-order valence-corrected chi connectivity index (χ2v) is 2.73. The molecule has 0 aromatic heterocycles. The molecule has 0 saturated carbocycles. The van der Waals surface area contributed by atoms with Crippen molar-refractivity contribution in [2.24, 2.45) is 0 Å². The Morgan fingerprint density at radius 2 is 2.09 bits per heavy atom. The first kappa shape index (κ1) is 8.12. The van der Waals surface area contributed by atoms with Gasteiger partial charge in [-0.15, -0.1) is 0 Å². The Morgan fingerprint density at radius 3 is 2.73 bits per heavy atom. The molecular formula is C10H15N. The van der Waals surface area contributed by atoms with Crippen LogP contribution in [0, 0.1) is 0 Å². The van der Waals surface area contributed by atoms with Gasteiger partial charge in [0.05, 0.1) is 0 Å². The van der Waals surface area contributed by atoms with Gasteiger partial charge in [0.25, 0.3) is 0 Å². The third-order valence-electron chi connectivity index (χ3n) is 2.00. The summed E-state index contributed by atoms with van der Waals surface area (Å²) < 4.78 is 0. The van der Waals surface area contributed by atoms with Crippen molar-refractivity contribution < 1.29 is 0 Å². The van der Waals surface area contributed by atoms with E-state index in [1.54, 1.807) is 0 Å². The van der Waals surface area contributed by atoms with E-state index in [0.717, 1.165) is 0 Å². The quantitative estimate of drug-likeness (QED) is 0.649. The molecule has 0 heterocycles. The van der Waals surface area contributed by atoms with Gasteiger partial charge in [0.2, 0.25) is 0 Å². The molecule has 1 aliphatic rings. The zero-order valence-electron chi connectivity index (χ0n) is 7.06. The van der Waals surface area contributed by atoms with E-state index >= 15 is 0 Å². The van der Waals surface area contributed by atoms with Crippen LogP contribution in [0.4, 0.5) is 0 Å². The lowest BCUT2D eigenvalue weighted by molar-refractivity contribution is 0.905. The van der Waals surface area contributed by atoms with Crippen LogP contribution in [0.25, 0.3) is 0 Å². The standard InChI is InChI=1S/C10H15N/c1-3-9-5-4-6-10(9)7-8-11-2/h3,7-8,11H,1,4-6H2,2H3/b8-7-. The van der Waals surface area contributed by atoms with Gasteiger partial charge in [-0.2, -0.15) is 0 Å². The maximum atomic E-state index is 3.79. The van der Waals surface area contributed by atoms with E-state index < -0.39 is 0 Å². The van der Waals surface area contributed by atoms with Crippen LogP contribution in [-0.2, 0) is 0 Å². The first-order valence-electron chi connectivity index (χ1n) is 4.06. The first-order valence-corrected chi connectivity index (χ1v) is 4.06. The predicted molar refractivity (Wildman–Crippen MR) is 49.3 cm³/mol. The molecule has 11 heavy (non-hydrogen) atoms. The Bertz CT molecular complexity index is 199. The lowest BCUT2D eigenvalue weighted by atomic mass is 10.1. The summed E-state index contributed by atoms with van der Waals surface area (Å²) in [6, 6.07) is 0. The van der Waals surface area contributed by atoms with Crippen LogP contribution < -0.4 is 5.32 Å². The van der Waals surface area contributed by atoms with Crippen LogP contribution >= 0.6 is 0 Å². The molecule has 1 rings (SSSR count). The molecule has 0 aliphatic heterocycles. The molecule has 1 nitrogen and oxygen atoms in total. The number of nitrogens with one attached hydrogen (secondary N) is 1. The summed E-state index contributed by atoms with van der Waals surface area (Å²) >= 11 is 0. The maximum Gasteiger partial charge on any atom is 0.00277 e. The fraction of sp³-hybridized carbons (Fsp3) is 0.400. The molecule has 0 aromatic carbocycles. The number of rotatable bonds is 3. The van der Waals surface area contributed by atoms with Gasteiger partial charge in [-0.3, -0.25) is 0 Å². The van der Waals surface area contributed by atoms with Crippen LogP contribution in [0.2, 0.25) is 0 Å². The molecule has 0 atom stereocenters. The van der Waals surface area contributed by atoms with Gasteiger partial charge in [-0.1, -0.05) is 12.7 Å². The van der Waals surface area contributed by atoms with Crippen molar-refractivity contribution in [3.63, 3.8) is 0 Å². The average molecular weight is 149 g/mol. The Kier molecular flexibility index (Phi) is 2.96. The Morgan fingerprint density at radius 1 is 1.36 bits per heavy atom. The minimum Gasteiger partial charge on any atom is -0.394 e. The fourth-order valence-corrected chi connectivity index (χ4v) is 1.40. The zero-order valence-corrected chi connectivity index (χ0v) is 7.06. The van der Waals surface area contributed by atoms with Gasteiger partial charge in [0.15, 0.2) is 0 Å². The molecule has 0 spiro atoms. The molecular weight excluding hydrogens is 134 g/mol. The van der Waals surface area contributed by atoms with E-state index in [0.29, 0.717) is 0 Å². The van der Waals surface area contributed by atoms with Crippen molar-refractivity contribution in [3.05, 3.63) is 36.1 Å². The van der Waals surface area contributed by atoms with E-state index in [4.69, 9.17) is 0 Å². The molecule has 0 fully saturated rings. The van der Waals surface area contributed by atoms with Gasteiger partial charge in [-0.05, 0) is 42.7 Å². The molecule has 60 valence electrons. The van der Waals surface area contributed by atoms with Gasteiger partial charge in [0.1, 0.15) is 0 Å². The SMILES string of the molecule is C=CC1=C(/C=C\NC)CCC1. The number of hydrogen-bond donors (Lipinski definition) is 1. The first-order chi connectivity index (χ1) is 5.38. The van der Waals surface area contributed by atoms with E-state index in [9.17, 15) is 0 Å².